The van der Waals surface area contributed by atoms with Crippen molar-refractivity contribution in [3.8, 4) is 0 Å². The molecule has 0 radical (unpaired) electrons. The molecule has 1 aliphatic heterocycles. The Morgan fingerprint density at radius 1 is 1.15 bits per heavy atom. The Bertz CT molecular complexity index is 447. The molecule has 0 bridgehead atoms. The third-order valence-corrected chi connectivity index (χ3v) is 3.66. The Balaban J connectivity index is 2.30. The quantitative estimate of drug-likeness (QED) is 0.925. The molecule has 0 aliphatic carbocycles. The fourth-order valence-electron chi connectivity index (χ4n) is 3.43. The highest BCUT2D eigenvalue weighted by atomic mass is 16.5. The summed E-state index contributed by atoms with van der Waals surface area (Å²) in [5.41, 5.74) is 5.88. The van der Waals surface area contributed by atoms with E-state index >= 15 is 0 Å². The topological polar surface area (TPSA) is 51.6 Å². The van der Waals surface area contributed by atoms with E-state index in [1.807, 2.05) is 26.0 Å². The van der Waals surface area contributed by atoms with Crippen LogP contribution in [0.3, 0.4) is 0 Å². The molecule has 1 saturated heterocycles. The molecule has 20 heavy (non-hydrogen) atoms. The van der Waals surface area contributed by atoms with Crippen molar-refractivity contribution in [1.82, 2.24) is 4.90 Å². The van der Waals surface area contributed by atoms with Gasteiger partial charge in [-0.25, -0.2) is 0 Å². The highest BCUT2D eigenvalue weighted by Crippen LogP contribution is 2.35. The lowest BCUT2D eigenvalue weighted by Gasteiger charge is -2.50. The average Bonchev–Trinajstić information content (AvgIpc) is 2.59. The smallest absolute Gasteiger partial charge is 0.122 e. The summed E-state index contributed by atoms with van der Waals surface area (Å²) in [5.74, 6) is 1.88. The minimum absolute atomic E-state index is 0.00486. The molecule has 1 aliphatic rings. The molecule has 4 heteroatoms. The molecule has 114 valence electrons. The maximum absolute atomic E-state index is 6.24. The van der Waals surface area contributed by atoms with Crippen LogP contribution in [0.4, 0.5) is 0 Å². The van der Waals surface area contributed by atoms with Crippen LogP contribution >= 0.6 is 0 Å². The molecule has 1 fully saturated rings. The lowest BCUT2D eigenvalue weighted by molar-refractivity contribution is -0.190. The number of hydrogen-bond donors (Lipinski definition) is 1. The fourth-order valence-corrected chi connectivity index (χ4v) is 3.43. The van der Waals surface area contributed by atoms with Gasteiger partial charge in [-0.15, -0.1) is 0 Å². The molecule has 2 rings (SSSR count). The lowest BCUT2D eigenvalue weighted by Crippen LogP contribution is -2.59. The first kappa shape index (κ1) is 15.5. The maximum Gasteiger partial charge on any atom is 0.122 e. The van der Waals surface area contributed by atoms with Crippen LogP contribution in [0.5, 0.6) is 0 Å². The number of morpholine rings is 1. The van der Waals surface area contributed by atoms with Crippen molar-refractivity contribution < 1.29 is 9.15 Å². The monoisotopic (exact) mass is 280 g/mol. The Labute approximate surface area is 122 Å². The van der Waals surface area contributed by atoms with Gasteiger partial charge < -0.3 is 14.9 Å². The summed E-state index contributed by atoms with van der Waals surface area (Å²) in [6.07, 6.45) is 0. The normalized spacial score (nSPS) is 25.4. The van der Waals surface area contributed by atoms with Crippen molar-refractivity contribution in [3.63, 3.8) is 0 Å². The van der Waals surface area contributed by atoms with Crippen LogP contribution in [-0.2, 0) is 4.74 Å². The van der Waals surface area contributed by atoms with Gasteiger partial charge in [0.15, 0.2) is 0 Å². The second kappa shape index (κ2) is 5.17. The average molecular weight is 280 g/mol. The van der Waals surface area contributed by atoms with Crippen LogP contribution in [-0.4, -0.2) is 35.2 Å². The Hall–Kier alpha value is -0.840. The third kappa shape index (κ3) is 3.43. The minimum atomic E-state index is -0.184. The summed E-state index contributed by atoms with van der Waals surface area (Å²) < 4.78 is 12.0. The van der Waals surface area contributed by atoms with Gasteiger partial charge in [-0.1, -0.05) is 0 Å². The molecular formula is C16H28N2O2. The van der Waals surface area contributed by atoms with Crippen LogP contribution in [0.1, 0.15) is 52.2 Å². The van der Waals surface area contributed by atoms with E-state index in [4.69, 9.17) is 14.9 Å². The van der Waals surface area contributed by atoms with Gasteiger partial charge >= 0.3 is 0 Å². The second-order valence-corrected chi connectivity index (χ2v) is 7.28. The molecule has 0 aromatic carbocycles. The van der Waals surface area contributed by atoms with Gasteiger partial charge in [0.1, 0.15) is 11.5 Å². The zero-order valence-corrected chi connectivity index (χ0v) is 13.6. The second-order valence-electron chi connectivity index (χ2n) is 7.28. The first-order chi connectivity index (χ1) is 9.10. The standard InChI is InChI=1S/C16H28N2O2/c1-11-7-8-13(19-11)14(12(2)17)18-9-15(3,4)20-16(5,6)10-18/h7-8,12,14H,9-10,17H2,1-6H3. The van der Waals surface area contributed by atoms with Crippen molar-refractivity contribution in [3.05, 3.63) is 23.7 Å². The summed E-state index contributed by atoms with van der Waals surface area (Å²) in [6, 6.07) is 4.14. The summed E-state index contributed by atoms with van der Waals surface area (Å²) in [5, 5.41) is 0. The molecular weight excluding hydrogens is 252 g/mol. The van der Waals surface area contributed by atoms with Crippen LogP contribution in [0.2, 0.25) is 0 Å². The Kier molecular flexibility index (Phi) is 4.02. The van der Waals surface area contributed by atoms with E-state index in [1.54, 1.807) is 0 Å². The molecule has 2 N–H and O–H groups in total. The number of furan rings is 1. The summed E-state index contributed by atoms with van der Waals surface area (Å²) in [4.78, 5) is 2.40. The van der Waals surface area contributed by atoms with Crippen LogP contribution in [0.15, 0.2) is 16.5 Å². The van der Waals surface area contributed by atoms with Crippen molar-refractivity contribution in [2.75, 3.05) is 13.1 Å². The maximum atomic E-state index is 6.24. The van der Waals surface area contributed by atoms with E-state index in [1.165, 1.54) is 0 Å². The fraction of sp³-hybridized carbons (Fsp3) is 0.750. The van der Waals surface area contributed by atoms with Gasteiger partial charge in [0.05, 0.1) is 17.2 Å². The van der Waals surface area contributed by atoms with E-state index < -0.39 is 0 Å². The Morgan fingerprint density at radius 2 is 1.70 bits per heavy atom. The number of aryl methyl sites for hydroxylation is 1. The summed E-state index contributed by atoms with van der Waals surface area (Å²) in [6.45, 7) is 14.2. The third-order valence-electron chi connectivity index (χ3n) is 3.66. The molecule has 2 heterocycles. The molecule has 1 aromatic rings. The molecule has 0 spiro atoms. The highest BCUT2D eigenvalue weighted by Gasteiger charge is 2.42. The van der Waals surface area contributed by atoms with Crippen molar-refractivity contribution in [2.24, 2.45) is 5.73 Å². The number of nitrogens with two attached hydrogens (primary N) is 1. The first-order valence-electron chi connectivity index (χ1n) is 7.36. The summed E-state index contributed by atoms with van der Waals surface area (Å²) in [7, 11) is 0. The van der Waals surface area contributed by atoms with E-state index in [-0.39, 0.29) is 23.3 Å². The van der Waals surface area contributed by atoms with Gasteiger partial charge in [-0.3, -0.25) is 4.90 Å². The predicted molar refractivity (Wildman–Crippen MR) is 80.7 cm³/mol. The molecule has 2 unspecified atom stereocenters. The molecule has 0 saturated carbocycles. The Morgan fingerprint density at radius 3 is 2.10 bits per heavy atom. The van der Waals surface area contributed by atoms with E-state index in [0.29, 0.717) is 0 Å². The van der Waals surface area contributed by atoms with Gasteiger partial charge in [0.25, 0.3) is 0 Å². The van der Waals surface area contributed by atoms with Crippen molar-refractivity contribution >= 4 is 0 Å². The van der Waals surface area contributed by atoms with Crippen molar-refractivity contribution in [2.45, 2.75) is 64.8 Å². The van der Waals surface area contributed by atoms with E-state index in [9.17, 15) is 0 Å². The van der Waals surface area contributed by atoms with Gasteiger partial charge in [-0.05, 0) is 53.7 Å². The van der Waals surface area contributed by atoms with Crippen LogP contribution in [0, 0.1) is 6.92 Å². The van der Waals surface area contributed by atoms with Gasteiger partial charge in [-0.2, -0.15) is 0 Å². The number of rotatable bonds is 3. The largest absolute Gasteiger partial charge is 0.465 e. The van der Waals surface area contributed by atoms with Crippen LogP contribution < -0.4 is 5.73 Å². The van der Waals surface area contributed by atoms with Gasteiger partial charge in [0.2, 0.25) is 0 Å². The predicted octanol–water partition coefficient (Wildman–Crippen LogP) is 2.87. The summed E-state index contributed by atoms with van der Waals surface area (Å²) >= 11 is 0. The zero-order valence-electron chi connectivity index (χ0n) is 13.6. The molecule has 0 amide bonds. The highest BCUT2D eigenvalue weighted by molar-refractivity contribution is 5.13. The molecule has 2 atom stereocenters. The van der Waals surface area contributed by atoms with Crippen LogP contribution in [0.25, 0.3) is 0 Å². The first-order valence-corrected chi connectivity index (χ1v) is 7.36. The number of nitrogens with zero attached hydrogens (tertiary/aromatic N) is 1. The molecule has 4 nitrogen and oxygen atoms in total. The zero-order chi connectivity index (χ0) is 15.1. The number of hydrogen-bond acceptors (Lipinski definition) is 4. The molecule has 1 aromatic heterocycles. The minimum Gasteiger partial charge on any atom is -0.465 e. The SMILES string of the molecule is Cc1ccc(C(C(C)N)N2CC(C)(C)OC(C)(C)C2)o1. The van der Waals surface area contributed by atoms with E-state index in [0.717, 1.165) is 24.6 Å². The van der Waals surface area contributed by atoms with Gasteiger partial charge in [0, 0.05) is 19.1 Å². The van der Waals surface area contributed by atoms with E-state index in [2.05, 4.69) is 32.6 Å². The van der Waals surface area contributed by atoms with Crippen molar-refractivity contribution in [1.29, 1.82) is 0 Å². The number of ether oxygens (including phenoxy) is 1. The lowest BCUT2D eigenvalue weighted by atomic mass is 9.95.